The maximum Gasteiger partial charge on any atom is 0.343 e. The van der Waals surface area contributed by atoms with Crippen LogP contribution < -0.4 is 15.1 Å². The number of amides is 5. The Morgan fingerprint density at radius 1 is 0.771 bits per heavy atom. The van der Waals surface area contributed by atoms with Gasteiger partial charge in [0.15, 0.2) is 0 Å². The lowest BCUT2D eigenvalue weighted by Gasteiger charge is -2.33. The Hall–Kier alpha value is -5.54. The van der Waals surface area contributed by atoms with E-state index in [1.54, 1.807) is 78.1 Å². The Morgan fingerprint density at radius 3 is 1.96 bits per heavy atom. The quantitative estimate of drug-likeness (QED) is 0.148. The predicted octanol–water partition coefficient (Wildman–Crippen LogP) is 8.18. The van der Waals surface area contributed by atoms with E-state index in [0.29, 0.717) is 22.5 Å². The molecule has 0 spiro atoms. The van der Waals surface area contributed by atoms with Gasteiger partial charge in [0.1, 0.15) is 10.6 Å². The van der Waals surface area contributed by atoms with Crippen LogP contribution in [0.3, 0.4) is 0 Å². The molecule has 0 unspecified atom stereocenters. The first kappa shape index (κ1) is 31.1. The molecule has 3 heterocycles. The first-order chi connectivity index (χ1) is 23.2. The van der Waals surface area contributed by atoms with Crippen LogP contribution in [0.5, 0.6) is 0 Å². The fraction of sp³-hybridized carbons (Fsp3) is 0.179. The van der Waals surface area contributed by atoms with Gasteiger partial charge in [-0.1, -0.05) is 54.1 Å². The number of urea groups is 1. The van der Waals surface area contributed by atoms with Gasteiger partial charge in [0.25, 0.3) is 17.7 Å². The van der Waals surface area contributed by atoms with E-state index >= 15 is 0 Å². The van der Waals surface area contributed by atoms with E-state index in [4.69, 9.17) is 0 Å². The number of carbonyl (C=O) groups is 4. The summed E-state index contributed by atoms with van der Waals surface area (Å²) in [6.45, 7) is 5.89. The van der Waals surface area contributed by atoms with Crippen molar-refractivity contribution in [2.45, 2.75) is 46.5 Å². The fourth-order valence-electron chi connectivity index (χ4n) is 6.51. The number of barbiturate groups is 1. The molecule has 1 aliphatic carbocycles. The number of hydrogen-bond donors (Lipinski definition) is 1. The molecule has 48 heavy (non-hydrogen) atoms. The van der Waals surface area contributed by atoms with Gasteiger partial charge in [-0.15, -0.1) is 11.3 Å². The van der Waals surface area contributed by atoms with Crippen molar-refractivity contribution in [2.24, 2.45) is 0 Å². The molecule has 0 radical (unpaired) electrons. The molecular weight excluding hydrogens is 621 g/mol. The molecule has 1 aliphatic heterocycles. The van der Waals surface area contributed by atoms with Gasteiger partial charge in [0.05, 0.1) is 16.9 Å². The van der Waals surface area contributed by atoms with Crippen molar-refractivity contribution >= 4 is 58.2 Å². The van der Waals surface area contributed by atoms with E-state index in [0.717, 1.165) is 68.7 Å². The molecule has 5 amide bonds. The molecule has 3 aromatic carbocycles. The van der Waals surface area contributed by atoms with E-state index in [1.807, 2.05) is 55.7 Å². The molecule has 2 aliphatic rings. The van der Waals surface area contributed by atoms with Crippen LogP contribution in [0.2, 0.25) is 0 Å². The average Bonchev–Trinajstić information content (AvgIpc) is 3.60. The molecule has 7 rings (SSSR count). The minimum atomic E-state index is -0.738. The number of aryl methyl sites for hydroxylation is 3. The number of para-hydroxylation sites is 2. The lowest BCUT2D eigenvalue weighted by atomic mass is 9.95. The lowest BCUT2D eigenvalue weighted by Crippen LogP contribution is -2.57. The van der Waals surface area contributed by atoms with Crippen LogP contribution in [0.4, 0.5) is 21.9 Å². The summed E-state index contributed by atoms with van der Waals surface area (Å²) in [5, 5.41) is 3.93. The average molecular weight is 655 g/mol. The number of aromatic nitrogens is 1. The number of fused-ring (bicyclic) bond motifs is 1. The van der Waals surface area contributed by atoms with Crippen LogP contribution in [0.25, 0.3) is 11.1 Å². The SMILES string of the molecule is Cc1ccc(NC(=O)c2c(-n3c(C)cc(C=C4C(=O)N(c5ccccc5)C(=O)N(c5ccccc5)C4=O)c3C)sc3c2CCCC3)cc1. The number of nitrogens with one attached hydrogen (secondary N) is 1. The van der Waals surface area contributed by atoms with Crippen LogP contribution in [0, 0.1) is 20.8 Å². The normalized spacial score (nSPS) is 14.7. The molecule has 1 N–H and O–H groups in total. The van der Waals surface area contributed by atoms with Gasteiger partial charge in [0, 0.05) is 22.0 Å². The highest BCUT2D eigenvalue weighted by atomic mass is 32.1. The molecule has 0 saturated carbocycles. The van der Waals surface area contributed by atoms with Gasteiger partial charge in [-0.05, 0) is 106 Å². The first-order valence-electron chi connectivity index (χ1n) is 16.0. The molecule has 8 nitrogen and oxygen atoms in total. The summed E-state index contributed by atoms with van der Waals surface area (Å²) in [5.41, 5.74) is 6.47. The van der Waals surface area contributed by atoms with Crippen molar-refractivity contribution in [1.82, 2.24) is 4.57 Å². The van der Waals surface area contributed by atoms with Crippen molar-refractivity contribution in [1.29, 1.82) is 0 Å². The van der Waals surface area contributed by atoms with Crippen LogP contribution in [-0.4, -0.2) is 28.3 Å². The Balaban J connectivity index is 1.33. The monoisotopic (exact) mass is 654 g/mol. The summed E-state index contributed by atoms with van der Waals surface area (Å²) in [4.78, 5) is 59.0. The van der Waals surface area contributed by atoms with Gasteiger partial charge in [-0.3, -0.25) is 14.4 Å². The van der Waals surface area contributed by atoms with E-state index in [-0.39, 0.29) is 11.5 Å². The smallest absolute Gasteiger partial charge is 0.322 e. The topological polar surface area (TPSA) is 91.7 Å². The molecule has 1 saturated heterocycles. The number of nitrogens with zero attached hydrogens (tertiary/aromatic N) is 3. The van der Waals surface area contributed by atoms with Gasteiger partial charge >= 0.3 is 6.03 Å². The number of imide groups is 2. The molecule has 2 aromatic heterocycles. The molecule has 0 atom stereocenters. The Bertz CT molecular complexity index is 2050. The third kappa shape index (κ3) is 5.46. The summed E-state index contributed by atoms with van der Waals surface area (Å²) in [7, 11) is 0. The zero-order valence-corrected chi connectivity index (χ0v) is 27.8. The maximum absolute atomic E-state index is 14.0. The predicted molar refractivity (Wildman–Crippen MR) is 190 cm³/mol. The number of hydrogen-bond acceptors (Lipinski definition) is 5. The molecule has 9 heteroatoms. The Kier molecular flexibility index (Phi) is 8.14. The number of thiophene rings is 1. The maximum atomic E-state index is 14.0. The summed E-state index contributed by atoms with van der Waals surface area (Å²) in [6, 6.07) is 26.2. The molecule has 0 bridgehead atoms. The third-order valence-corrected chi connectivity index (χ3v) is 10.2. The van der Waals surface area contributed by atoms with Crippen LogP contribution >= 0.6 is 11.3 Å². The van der Waals surface area contributed by atoms with Crippen molar-refractivity contribution in [3.05, 3.63) is 135 Å². The number of rotatable bonds is 6. The second-order valence-corrected chi connectivity index (χ2v) is 13.2. The van der Waals surface area contributed by atoms with E-state index in [2.05, 4.69) is 5.32 Å². The van der Waals surface area contributed by atoms with Gasteiger partial charge < -0.3 is 9.88 Å². The van der Waals surface area contributed by atoms with Gasteiger partial charge in [-0.2, -0.15) is 0 Å². The van der Waals surface area contributed by atoms with Crippen molar-refractivity contribution in [3.63, 3.8) is 0 Å². The number of benzene rings is 3. The van der Waals surface area contributed by atoms with Crippen LogP contribution in [0.1, 0.15) is 56.2 Å². The summed E-state index contributed by atoms with van der Waals surface area (Å²) < 4.78 is 2.05. The highest BCUT2D eigenvalue weighted by Crippen LogP contribution is 2.40. The largest absolute Gasteiger partial charge is 0.343 e. The van der Waals surface area contributed by atoms with Crippen molar-refractivity contribution in [2.75, 3.05) is 15.1 Å². The highest BCUT2D eigenvalue weighted by Gasteiger charge is 2.44. The molecule has 240 valence electrons. The van der Waals surface area contributed by atoms with Gasteiger partial charge in [-0.25, -0.2) is 14.6 Å². The Morgan fingerprint density at radius 2 is 1.35 bits per heavy atom. The number of carbonyl (C=O) groups excluding carboxylic acids is 4. The van der Waals surface area contributed by atoms with Crippen LogP contribution in [-0.2, 0) is 22.4 Å². The lowest BCUT2D eigenvalue weighted by molar-refractivity contribution is -0.121. The summed E-state index contributed by atoms with van der Waals surface area (Å²) in [6.07, 6.45) is 5.42. The van der Waals surface area contributed by atoms with Crippen molar-refractivity contribution < 1.29 is 19.2 Å². The molecular formula is C39H34N4O4S. The second-order valence-electron chi connectivity index (χ2n) is 12.2. The van der Waals surface area contributed by atoms with Gasteiger partial charge in [0.2, 0.25) is 0 Å². The zero-order valence-electron chi connectivity index (χ0n) is 26.9. The van der Waals surface area contributed by atoms with Crippen molar-refractivity contribution in [3.8, 4) is 5.00 Å². The van der Waals surface area contributed by atoms with E-state index in [9.17, 15) is 19.2 Å². The number of anilines is 3. The van der Waals surface area contributed by atoms with E-state index in [1.165, 1.54) is 4.88 Å². The first-order valence-corrected chi connectivity index (χ1v) is 16.8. The highest BCUT2D eigenvalue weighted by molar-refractivity contribution is 7.15. The third-order valence-electron chi connectivity index (χ3n) is 8.94. The standard InChI is InChI=1S/C39H34N4O4S/c1-24-18-20-28(21-19-24)40-35(44)34-31-16-10-11-17-33(31)48-38(34)41-25(2)22-27(26(41)3)23-32-36(45)42(29-12-6-4-7-13-29)39(47)43(37(32)46)30-14-8-5-9-15-30/h4-9,12-15,18-23H,10-11,16-17H2,1-3H3,(H,40,44). The zero-order chi connectivity index (χ0) is 33.5. The Labute approximate surface area is 282 Å². The summed E-state index contributed by atoms with van der Waals surface area (Å²) >= 11 is 1.63. The van der Waals surface area contributed by atoms with E-state index < -0.39 is 17.8 Å². The second kappa shape index (κ2) is 12.6. The molecule has 1 fully saturated rings. The molecule has 5 aromatic rings. The summed E-state index contributed by atoms with van der Waals surface area (Å²) in [5.74, 6) is -1.55. The van der Waals surface area contributed by atoms with Crippen LogP contribution in [0.15, 0.2) is 96.6 Å². The fourth-order valence-corrected chi connectivity index (χ4v) is 8.01. The minimum absolute atomic E-state index is 0.134. The minimum Gasteiger partial charge on any atom is -0.322 e.